The molecule has 1 unspecified atom stereocenters. The van der Waals surface area contributed by atoms with Crippen LogP contribution in [0.4, 0.5) is 0 Å². The van der Waals surface area contributed by atoms with Crippen molar-refractivity contribution in [1.82, 2.24) is 0 Å². The second-order valence-corrected chi connectivity index (χ2v) is 4.95. The normalized spacial score (nSPS) is 20.4. The summed E-state index contributed by atoms with van der Waals surface area (Å²) in [5, 5.41) is 0. The Morgan fingerprint density at radius 1 is 1.24 bits per heavy atom. The van der Waals surface area contributed by atoms with E-state index in [0.29, 0.717) is 6.42 Å². The van der Waals surface area contributed by atoms with Crippen molar-refractivity contribution in [2.75, 3.05) is 0 Å². The van der Waals surface area contributed by atoms with Crippen molar-refractivity contribution >= 4 is 11.6 Å². The molecule has 17 heavy (non-hydrogen) atoms. The van der Waals surface area contributed by atoms with Crippen molar-refractivity contribution in [3.05, 3.63) is 34.9 Å². The molecule has 0 spiro atoms. The molecule has 0 N–H and O–H groups in total. The first-order valence-corrected chi connectivity index (χ1v) is 6.24. The smallest absolute Gasteiger partial charge is 0.173 e. The van der Waals surface area contributed by atoms with Crippen LogP contribution in [-0.4, -0.2) is 11.6 Å². The molecule has 2 nitrogen and oxygen atoms in total. The molecule has 1 fully saturated rings. The van der Waals surface area contributed by atoms with Gasteiger partial charge in [0.05, 0.1) is 5.92 Å². The molecule has 1 saturated carbocycles. The van der Waals surface area contributed by atoms with E-state index in [1.54, 1.807) is 0 Å². The van der Waals surface area contributed by atoms with E-state index in [0.717, 1.165) is 36.0 Å². The molecule has 0 bridgehead atoms. The maximum Gasteiger partial charge on any atom is 0.173 e. The average molecular weight is 230 g/mol. The Labute approximate surface area is 102 Å². The first-order chi connectivity index (χ1) is 8.09. The van der Waals surface area contributed by atoms with Crippen molar-refractivity contribution in [3.63, 3.8) is 0 Å². The fourth-order valence-electron chi connectivity index (χ4n) is 2.54. The fourth-order valence-corrected chi connectivity index (χ4v) is 2.54. The minimum absolute atomic E-state index is 0.0206. The van der Waals surface area contributed by atoms with Crippen LogP contribution in [0.1, 0.15) is 47.2 Å². The number of ketones is 2. The van der Waals surface area contributed by atoms with Crippen LogP contribution >= 0.6 is 0 Å². The lowest BCUT2D eigenvalue weighted by Crippen LogP contribution is -2.27. The minimum Gasteiger partial charge on any atom is -0.299 e. The van der Waals surface area contributed by atoms with Crippen LogP contribution in [0.2, 0.25) is 0 Å². The summed E-state index contributed by atoms with van der Waals surface area (Å²) in [6.45, 7) is 3.94. The number of Topliss-reactive ketones (excluding diaryl/α,β-unsaturated/α-hetero) is 2. The monoisotopic (exact) mass is 230 g/mol. The van der Waals surface area contributed by atoms with E-state index in [-0.39, 0.29) is 17.5 Å². The maximum absolute atomic E-state index is 12.3. The van der Waals surface area contributed by atoms with Gasteiger partial charge >= 0.3 is 0 Å². The van der Waals surface area contributed by atoms with Crippen molar-refractivity contribution in [3.8, 4) is 0 Å². The largest absolute Gasteiger partial charge is 0.299 e. The van der Waals surface area contributed by atoms with Gasteiger partial charge in [0, 0.05) is 12.0 Å². The Bertz CT molecular complexity index is 460. The molecule has 0 saturated heterocycles. The van der Waals surface area contributed by atoms with E-state index in [1.165, 1.54) is 0 Å². The first kappa shape index (κ1) is 12.0. The van der Waals surface area contributed by atoms with Crippen molar-refractivity contribution in [2.45, 2.75) is 39.5 Å². The number of hydrogen-bond donors (Lipinski definition) is 0. The molecule has 1 aromatic rings. The number of carbonyl (C=O) groups excluding carboxylic acids is 2. The molecule has 1 aliphatic rings. The molecule has 1 aliphatic carbocycles. The lowest BCUT2D eigenvalue weighted by atomic mass is 9.82. The third kappa shape index (κ3) is 2.46. The zero-order valence-electron chi connectivity index (χ0n) is 10.5. The third-order valence-corrected chi connectivity index (χ3v) is 3.52. The SMILES string of the molecule is Cc1ccc(C(=O)C2CCCCC2=O)c(C)c1. The zero-order chi connectivity index (χ0) is 12.4. The molecule has 90 valence electrons. The highest BCUT2D eigenvalue weighted by atomic mass is 16.1. The van der Waals surface area contributed by atoms with Crippen molar-refractivity contribution in [2.24, 2.45) is 5.92 Å². The molecule has 1 atom stereocenters. The summed E-state index contributed by atoms with van der Waals surface area (Å²) in [6.07, 6.45) is 3.23. The maximum atomic E-state index is 12.3. The van der Waals surface area contributed by atoms with Crippen molar-refractivity contribution < 1.29 is 9.59 Å². The summed E-state index contributed by atoms with van der Waals surface area (Å²) in [4.78, 5) is 24.1. The van der Waals surface area contributed by atoms with Gasteiger partial charge < -0.3 is 0 Å². The van der Waals surface area contributed by atoms with Crippen LogP contribution in [0.3, 0.4) is 0 Å². The summed E-state index contributed by atoms with van der Waals surface area (Å²) in [7, 11) is 0. The summed E-state index contributed by atoms with van der Waals surface area (Å²) >= 11 is 0. The summed E-state index contributed by atoms with van der Waals surface area (Å²) < 4.78 is 0. The lowest BCUT2D eigenvalue weighted by molar-refractivity contribution is -0.122. The van der Waals surface area contributed by atoms with Crippen LogP contribution < -0.4 is 0 Å². The molecular weight excluding hydrogens is 212 g/mol. The van der Waals surface area contributed by atoms with Gasteiger partial charge in [-0.15, -0.1) is 0 Å². The van der Waals surface area contributed by atoms with Crippen molar-refractivity contribution in [1.29, 1.82) is 0 Å². The van der Waals surface area contributed by atoms with Crippen LogP contribution in [0, 0.1) is 19.8 Å². The van der Waals surface area contributed by atoms with E-state index in [2.05, 4.69) is 0 Å². The predicted octanol–water partition coefficient (Wildman–Crippen LogP) is 3.25. The molecular formula is C15H18O2. The van der Waals surface area contributed by atoms with E-state index >= 15 is 0 Å². The highest BCUT2D eigenvalue weighted by Gasteiger charge is 2.30. The molecule has 0 heterocycles. The van der Waals surface area contributed by atoms with Crippen LogP contribution in [-0.2, 0) is 4.79 Å². The minimum atomic E-state index is -0.384. The van der Waals surface area contributed by atoms with Gasteiger partial charge in [-0.05, 0) is 32.3 Å². The average Bonchev–Trinajstić information content (AvgIpc) is 2.29. The summed E-state index contributed by atoms with van der Waals surface area (Å²) in [5.41, 5.74) is 2.85. The molecule has 1 aromatic carbocycles. The Balaban J connectivity index is 2.27. The van der Waals surface area contributed by atoms with Gasteiger partial charge in [-0.2, -0.15) is 0 Å². The Morgan fingerprint density at radius 2 is 2.00 bits per heavy atom. The molecule has 0 aromatic heterocycles. The zero-order valence-corrected chi connectivity index (χ0v) is 10.5. The molecule has 0 radical (unpaired) electrons. The van der Waals surface area contributed by atoms with E-state index in [4.69, 9.17) is 0 Å². The Morgan fingerprint density at radius 3 is 2.65 bits per heavy atom. The van der Waals surface area contributed by atoms with Gasteiger partial charge in [-0.1, -0.05) is 30.2 Å². The Kier molecular flexibility index (Phi) is 3.41. The quantitative estimate of drug-likeness (QED) is 0.577. The van der Waals surface area contributed by atoms with E-state index in [9.17, 15) is 9.59 Å². The molecule has 2 rings (SSSR count). The number of rotatable bonds is 2. The Hall–Kier alpha value is -1.44. The number of carbonyl (C=O) groups is 2. The molecule has 0 aliphatic heterocycles. The van der Waals surface area contributed by atoms with Crippen LogP contribution in [0.15, 0.2) is 18.2 Å². The van der Waals surface area contributed by atoms with Gasteiger partial charge in [-0.25, -0.2) is 0 Å². The van der Waals surface area contributed by atoms with E-state index < -0.39 is 0 Å². The molecule has 0 amide bonds. The second-order valence-electron chi connectivity index (χ2n) is 4.95. The van der Waals surface area contributed by atoms with Gasteiger partial charge in [0.2, 0.25) is 0 Å². The summed E-state index contributed by atoms with van der Waals surface area (Å²) in [5.74, 6) is -0.237. The fraction of sp³-hybridized carbons (Fsp3) is 0.467. The van der Waals surface area contributed by atoms with Gasteiger partial charge in [0.1, 0.15) is 5.78 Å². The topological polar surface area (TPSA) is 34.1 Å². The second kappa shape index (κ2) is 4.82. The van der Waals surface area contributed by atoms with Gasteiger partial charge in [-0.3, -0.25) is 9.59 Å². The predicted molar refractivity (Wildman–Crippen MR) is 67.2 cm³/mol. The molecule has 2 heteroatoms. The standard InChI is InChI=1S/C15H18O2/c1-10-7-8-12(11(2)9-10)15(17)13-5-3-4-6-14(13)16/h7-9,13H,3-6H2,1-2H3. The van der Waals surface area contributed by atoms with Gasteiger partial charge in [0.25, 0.3) is 0 Å². The lowest BCUT2D eigenvalue weighted by Gasteiger charge is -2.20. The van der Waals surface area contributed by atoms with Crippen LogP contribution in [0.25, 0.3) is 0 Å². The highest BCUT2D eigenvalue weighted by Crippen LogP contribution is 2.25. The number of benzene rings is 1. The summed E-state index contributed by atoms with van der Waals surface area (Å²) in [6, 6.07) is 5.79. The third-order valence-electron chi connectivity index (χ3n) is 3.52. The number of hydrogen-bond acceptors (Lipinski definition) is 2. The van der Waals surface area contributed by atoms with E-state index in [1.807, 2.05) is 32.0 Å². The highest BCUT2D eigenvalue weighted by molar-refractivity contribution is 6.11. The van der Waals surface area contributed by atoms with Crippen LogP contribution in [0.5, 0.6) is 0 Å². The first-order valence-electron chi connectivity index (χ1n) is 6.24. The van der Waals surface area contributed by atoms with Gasteiger partial charge in [0.15, 0.2) is 5.78 Å². The number of aryl methyl sites for hydroxylation is 2.